The normalized spacial score (nSPS) is 16.7. The number of hydrogen-bond donors (Lipinski definition) is 0. The molecule has 46 heavy (non-hydrogen) atoms. The Hall–Kier alpha value is -4.99. The number of aromatic nitrogens is 1. The Kier molecular flexibility index (Phi) is 7.58. The molecule has 0 bridgehead atoms. The van der Waals surface area contributed by atoms with Gasteiger partial charge in [-0.15, -0.1) is 0 Å². The quantitative estimate of drug-likeness (QED) is 0.226. The minimum Gasteiger partial charge on any atom is -0.496 e. The Morgan fingerprint density at radius 1 is 0.978 bits per heavy atom. The van der Waals surface area contributed by atoms with Crippen LogP contribution in [-0.2, 0) is 20.9 Å². The fraction of sp³-hybridized carbons (Fsp3) is 0.167. The Balaban J connectivity index is 1.50. The van der Waals surface area contributed by atoms with Gasteiger partial charge in [-0.05, 0) is 54.4 Å². The van der Waals surface area contributed by atoms with Crippen molar-refractivity contribution in [2.24, 2.45) is 4.99 Å². The smallest absolute Gasteiger partial charge is 0.338 e. The summed E-state index contributed by atoms with van der Waals surface area (Å²) in [5, 5.41) is 2.34. The molecular formula is C36H28ClN3O5S. The third-order valence-electron chi connectivity index (χ3n) is 8.32. The van der Waals surface area contributed by atoms with E-state index in [1.165, 1.54) is 4.57 Å². The van der Waals surface area contributed by atoms with Crippen LogP contribution in [0.4, 0.5) is 5.69 Å². The van der Waals surface area contributed by atoms with Gasteiger partial charge >= 0.3 is 5.97 Å². The molecule has 2 aliphatic rings. The number of anilines is 1. The van der Waals surface area contributed by atoms with E-state index >= 15 is 0 Å². The van der Waals surface area contributed by atoms with Crippen molar-refractivity contribution in [2.75, 3.05) is 18.6 Å². The number of esters is 1. The summed E-state index contributed by atoms with van der Waals surface area (Å²) in [4.78, 5) is 49.3. The number of carbonyl (C=O) groups is 2. The van der Waals surface area contributed by atoms with Crippen LogP contribution in [0.5, 0.6) is 5.75 Å². The van der Waals surface area contributed by atoms with Gasteiger partial charge in [0.1, 0.15) is 16.3 Å². The van der Waals surface area contributed by atoms with E-state index < -0.39 is 17.6 Å². The third-order valence-corrected chi connectivity index (χ3v) is 9.63. The maximum atomic E-state index is 14.7. The van der Waals surface area contributed by atoms with E-state index in [-0.39, 0.29) is 22.6 Å². The molecule has 1 aromatic heterocycles. The average molecular weight is 650 g/mol. The molecule has 8 nitrogen and oxygen atoms in total. The highest BCUT2D eigenvalue weighted by molar-refractivity contribution is 7.07. The van der Waals surface area contributed by atoms with Gasteiger partial charge in [-0.1, -0.05) is 83.6 Å². The van der Waals surface area contributed by atoms with Gasteiger partial charge in [0, 0.05) is 16.1 Å². The molecule has 5 aromatic rings. The molecule has 1 amide bonds. The van der Waals surface area contributed by atoms with Crippen molar-refractivity contribution in [1.29, 1.82) is 0 Å². The van der Waals surface area contributed by atoms with Crippen LogP contribution in [0.2, 0.25) is 5.02 Å². The number of fused-ring (bicyclic) bond motifs is 3. The molecule has 0 saturated heterocycles. The molecule has 0 fully saturated rings. The van der Waals surface area contributed by atoms with E-state index in [0.29, 0.717) is 50.2 Å². The zero-order valence-corrected chi connectivity index (χ0v) is 26.8. The van der Waals surface area contributed by atoms with Crippen LogP contribution < -0.4 is 24.5 Å². The first-order chi connectivity index (χ1) is 22.3. The molecule has 0 N–H and O–H groups in total. The largest absolute Gasteiger partial charge is 0.496 e. The number of halogens is 1. The highest BCUT2D eigenvalue weighted by Crippen LogP contribution is 2.41. The standard InChI is InChI=1S/C36H28ClN3O5S/c1-4-45-35(43)28-20(2)38-36-40(31(28)29-24-10-6-5-9-22(24)15-18-27(29)44-3)34(42)32(46-36)30-25-11-7-8-12-26(25)39(33(30)41)19-21-13-16-23(37)17-14-21/h5-18,31H,4,19H2,1-3H3/b32-30+/t31-/m0/s1. The number of rotatable bonds is 6. The molecule has 0 radical (unpaired) electrons. The summed E-state index contributed by atoms with van der Waals surface area (Å²) >= 11 is 7.24. The molecule has 0 unspecified atom stereocenters. The second-order valence-electron chi connectivity index (χ2n) is 10.9. The lowest BCUT2D eigenvalue weighted by Gasteiger charge is -2.27. The molecule has 10 heteroatoms. The number of ether oxygens (including phenoxy) is 2. The van der Waals surface area contributed by atoms with Gasteiger partial charge in [-0.2, -0.15) is 0 Å². The highest BCUT2D eigenvalue weighted by Gasteiger charge is 2.39. The molecule has 7 rings (SSSR count). The fourth-order valence-electron chi connectivity index (χ4n) is 6.28. The molecule has 4 aromatic carbocycles. The fourth-order valence-corrected chi connectivity index (χ4v) is 7.54. The molecule has 2 aliphatic heterocycles. The number of carbonyl (C=O) groups excluding carboxylic acids is 2. The van der Waals surface area contributed by atoms with Crippen molar-refractivity contribution >= 4 is 56.8 Å². The zero-order valence-electron chi connectivity index (χ0n) is 25.2. The van der Waals surface area contributed by atoms with Gasteiger partial charge in [0.05, 0.1) is 42.8 Å². The summed E-state index contributed by atoms with van der Waals surface area (Å²) in [6.07, 6.45) is 0. The Morgan fingerprint density at radius 3 is 2.48 bits per heavy atom. The number of para-hydroxylation sites is 1. The first-order valence-electron chi connectivity index (χ1n) is 14.8. The van der Waals surface area contributed by atoms with Crippen LogP contribution in [0.15, 0.2) is 106 Å². The third kappa shape index (κ3) is 4.74. The van der Waals surface area contributed by atoms with E-state index in [4.69, 9.17) is 26.1 Å². The van der Waals surface area contributed by atoms with E-state index in [9.17, 15) is 14.4 Å². The molecule has 230 valence electrons. The van der Waals surface area contributed by atoms with Gasteiger partial charge in [-0.25, -0.2) is 9.79 Å². The Bertz CT molecular complexity index is 2290. The predicted molar refractivity (Wildman–Crippen MR) is 179 cm³/mol. The summed E-state index contributed by atoms with van der Waals surface area (Å²) in [5.41, 5.74) is 3.44. The van der Waals surface area contributed by atoms with Crippen molar-refractivity contribution in [3.05, 3.63) is 138 Å². The highest BCUT2D eigenvalue weighted by atomic mass is 35.5. The van der Waals surface area contributed by atoms with Crippen molar-refractivity contribution < 1.29 is 19.1 Å². The van der Waals surface area contributed by atoms with Gasteiger partial charge < -0.3 is 14.4 Å². The van der Waals surface area contributed by atoms with Gasteiger partial charge in [0.2, 0.25) is 0 Å². The number of allylic oxidation sites excluding steroid dienone is 1. The summed E-state index contributed by atoms with van der Waals surface area (Å²) < 4.78 is 13.1. The summed E-state index contributed by atoms with van der Waals surface area (Å²) in [6, 6.07) is 25.4. The number of thiazole rings is 1. The Morgan fingerprint density at radius 2 is 1.72 bits per heavy atom. The van der Waals surface area contributed by atoms with Crippen LogP contribution >= 0.6 is 22.9 Å². The maximum Gasteiger partial charge on any atom is 0.338 e. The summed E-state index contributed by atoms with van der Waals surface area (Å²) in [6.45, 7) is 3.92. The number of amides is 1. The second-order valence-corrected chi connectivity index (χ2v) is 12.3. The Labute approximate surface area is 273 Å². The van der Waals surface area contributed by atoms with Gasteiger partial charge in [0.15, 0.2) is 4.80 Å². The van der Waals surface area contributed by atoms with Crippen LogP contribution in [0, 0.1) is 0 Å². The lowest BCUT2D eigenvalue weighted by molar-refractivity contribution is -0.139. The van der Waals surface area contributed by atoms with Gasteiger partial charge in [0.25, 0.3) is 11.5 Å². The number of benzene rings is 4. The predicted octanol–water partition coefficient (Wildman–Crippen LogP) is 5.53. The van der Waals surface area contributed by atoms with Crippen molar-refractivity contribution in [1.82, 2.24) is 4.57 Å². The van der Waals surface area contributed by atoms with E-state index in [1.54, 1.807) is 38.0 Å². The van der Waals surface area contributed by atoms with Crippen LogP contribution in [0.25, 0.3) is 16.3 Å². The zero-order chi connectivity index (χ0) is 32.1. The first-order valence-corrected chi connectivity index (χ1v) is 16.0. The SMILES string of the molecule is CCOC(=O)C1=C(C)N=c2s/c(=C3/C(=O)N(Cc4ccc(Cl)cc4)c4ccccc43)c(=O)n2[C@@H]1c1c(OC)ccc2ccccc12. The molecule has 0 saturated carbocycles. The van der Waals surface area contributed by atoms with E-state index in [1.807, 2.05) is 72.8 Å². The van der Waals surface area contributed by atoms with Crippen LogP contribution in [0.1, 0.15) is 36.6 Å². The maximum absolute atomic E-state index is 14.7. The molecule has 1 atom stereocenters. The van der Waals surface area contributed by atoms with Crippen molar-refractivity contribution in [3.63, 3.8) is 0 Å². The molecule has 0 aliphatic carbocycles. The number of nitrogens with zero attached hydrogens (tertiary/aromatic N) is 3. The molecule has 3 heterocycles. The van der Waals surface area contributed by atoms with Crippen LogP contribution in [0.3, 0.4) is 0 Å². The summed E-state index contributed by atoms with van der Waals surface area (Å²) in [5.74, 6) is -0.352. The topological polar surface area (TPSA) is 90.2 Å². The molecule has 0 spiro atoms. The number of hydrogen-bond acceptors (Lipinski definition) is 7. The van der Waals surface area contributed by atoms with Crippen molar-refractivity contribution in [3.8, 4) is 5.75 Å². The van der Waals surface area contributed by atoms with Crippen LogP contribution in [-0.4, -0.2) is 30.2 Å². The second kappa shape index (κ2) is 11.7. The monoisotopic (exact) mass is 649 g/mol. The average Bonchev–Trinajstić information content (AvgIpc) is 3.52. The van der Waals surface area contributed by atoms with Gasteiger partial charge in [-0.3, -0.25) is 14.2 Å². The summed E-state index contributed by atoms with van der Waals surface area (Å²) in [7, 11) is 1.56. The lowest BCUT2D eigenvalue weighted by Crippen LogP contribution is -2.41. The number of methoxy groups -OCH3 is 1. The van der Waals surface area contributed by atoms with E-state index in [2.05, 4.69) is 0 Å². The lowest BCUT2D eigenvalue weighted by atomic mass is 9.90. The van der Waals surface area contributed by atoms with E-state index in [0.717, 1.165) is 27.7 Å². The van der Waals surface area contributed by atoms with Crippen molar-refractivity contribution in [2.45, 2.75) is 26.4 Å². The minimum atomic E-state index is -0.914. The molecular weight excluding hydrogens is 622 g/mol. The minimum absolute atomic E-state index is 0.151. The first kappa shape index (κ1) is 29.7.